The summed E-state index contributed by atoms with van der Waals surface area (Å²) in [6, 6.07) is 20.1. The molecule has 2 amide bonds. The molecule has 0 spiro atoms. The lowest BCUT2D eigenvalue weighted by molar-refractivity contribution is -0.148. The predicted octanol–water partition coefficient (Wildman–Crippen LogP) is 4.27. The van der Waals surface area contributed by atoms with Gasteiger partial charge in [-0.2, -0.15) is 0 Å². The molecule has 3 aromatic rings. The molecule has 1 aliphatic carbocycles. The number of fused-ring (bicyclic) bond motifs is 3. The van der Waals surface area contributed by atoms with Crippen LogP contribution in [0.3, 0.4) is 0 Å². The van der Waals surface area contributed by atoms with Crippen LogP contribution in [0.1, 0.15) is 28.0 Å². The number of benzene rings is 3. The van der Waals surface area contributed by atoms with Crippen LogP contribution in [0, 0.1) is 0 Å². The number of rotatable bonds is 8. The summed E-state index contributed by atoms with van der Waals surface area (Å²) in [4.78, 5) is 39.1. The standard InChI is InChI=1S/C29H28N2O7S/c1-36-17-11-12-22(25(13-17)37-2)27-31(24(16-39-27)28(33)34)26(32)14-30-29(35)38-15-23-20-9-5-3-7-18(20)19-8-4-6-10-21(19)23/h3-13,23-24,27H,14-16H2,1-2H3,(H,30,35)(H,33,34)/t24-,27-/m0/s1. The van der Waals surface area contributed by atoms with Crippen molar-refractivity contribution in [2.75, 3.05) is 33.1 Å². The van der Waals surface area contributed by atoms with Gasteiger partial charge in [-0.1, -0.05) is 48.5 Å². The molecule has 1 heterocycles. The number of carbonyl (C=O) groups excluding carboxylic acids is 2. The Morgan fingerprint density at radius 3 is 2.23 bits per heavy atom. The molecule has 3 aromatic carbocycles. The molecule has 202 valence electrons. The molecule has 0 aromatic heterocycles. The largest absolute Gasteiger partial charge is 0.497 e. The lowest BCUT2D eigenvalue weighted by Gasteiger charge is -2.28. The van der Waals surface area contributed by atoms with E-state index < -0.39 is 35.9 Å². The fraction of sp³-hybridized carbons (Fsp3) is 0.276. The third kappa shape index (κ3) is 5.12. The first-order valence-electron chi connectivity index (χ1n) is 12.4. The average molecular weight is 549 g/mol. The van der Waals surface area contributed by atoms with Gasteiger partial charge < -0.3 is 29.5 Å². The van der Waals surface area contributed by atoms with Crippen LogP contribution in [0.4, 0.5) is 4.79 Å². The molecule has 2 atom stereocenters. The molecule has 1 aliphatic heterocycles. The highest BCUT2D eigenvalue weighted by atomic mass is 32.2. The average Bonchev–Trinajstić information content (AvgIpc) is 3.54. The summed E-state index contributed by atoms with van der Waals surface area (Å²) < 4.78 is 16.3. The van der Waals surface area contributed by atoms with Crippen LogP contribution < -0.4 is 14.8 Å². The predicted molar refractivity (Wildman–Crippen MR) is 146 cm³/mol. The fourth-order valence-corrected chi connectivity index (χ4v) is 6.62. The maximum atomic E-state index is 13.3. The fourth-order valence-electron chi connectivity index (χ4n) is 5.15. The van der Waals surface area contributed by atoms with E-state index in [1.165, 1.54) is 30.9 Å². The van der Waals surface area contributed by atoms with Crippen molar-refractivity contribution < 1.29 is 33.7 Å². The maximum absolute atomic E-state index is 13.3. The number of carbonyl (C=O) groups is 3. The SMILES string of the molecule is COc1ccc([C@@H]2SC[C@@H](C(=O)O)N2C(=O)CNC(=O)OCC2c3ccccc3-c3ccccc32)c(OC)c1. The van der Waals surface area contributed by atoms with Crippen LogP contribution in [0.5, 0.6) is 11.5 Å². The molecule has 39 heavy (non-hydrogen) atoms. The van der Waals surface area contributed by atoms with Crippen molar-refractivity contribution in [3.63, 3.8) is 0 Å². The third-order valence-electron chi connectivity index (χ3n) is 7.01. The van der Waals surface area contributed by atoms with E-state index in [9.17, 15) is 19.5 Å². The van der Waals surface area contributed by atoms with Crippen molar-refractivity contribution in [3.05, 3.63) is 83.4 Å². The quantitative estimate of drug-likeness (QED) is 0.429. The summed E-state index contributed by atoms with van der Waals surface area (Å²) >= 11 is 1.32. The van der Waals surface area contributed by atoms with E-state index in [0.717, 1.165) is 22.3 Å². The van der Waals surface area contributed by atoms with Crippen molar-refractivity contribution in [3.8, 4) is 22.6 Å². The van der Waals surface area contributed by atoms with Crippen molar-refractivity contribution in [1.29, 1.82) is 0 Å². The molecule has 0 saturated carbocycles. The van der Waals surface area contributed by atoms with Crippen molar-refractivity contribution in [2.24, 2.45) is 0 Å². The van der Waals surface area contributed by atoms with Gasteiger partial charge in [0, 0.05) is 23.3 Å². The molecular weight excluding hydrogens is 520 g/mol. The van der Waals surface area contributed by atoms with Gasteiger partial charge in [0.1, 0.15) is 36.1 Å². The molecule has 1 fully saturated rings. The van der Waals surface area contributed by atoms with Gasteiger partial charge in [0.25, 0.3) is 0 Å². The smallest absolute Gasteiger partial charge is 0.407 e. The summed E-state index contributed by atoms with van der Waals surface area (Å²) in [5.74, 6) is -0.525. The molecule has 5 rings (SSSR count). The Morgan fingerprint density at radius 2 is 1.62 bits per heavy atom. The van der Waals surface area contributed by atoms with E-state index in [1.807, 2.05) is 48.5 Å². The van der Waals surface area contributed by atoms with E-state index in [4.69, 9.17) is 14.2 Å². The molecular formula is C29H28N2O7S. The van der Waals surface area contributed by atoms with Gasteiger partial charge in [0.15, 0.2) is 0 Å². The van der Waals surface area contributed by atoms with E-state index in [0.29, 0.717) is 17.1 Å². The Balaban J connectivity index is 1.26. The van der Waals surface area contributed by atoms with Crippen LogP contribution >= 0.6 is 11.8 Å². The molecule has 10 heteroatoms. The number of thioether (sulfide) groups is 1. The zero-order valence-corrected chi connectivity index (χ0v) is 22.3. The summed E-state index contributed by atoms with van der Waals surface area (Å²) in [5, 5.41) is 11.7. The Kier molecular flexibility index (Phi) is 7.65. The number of ether oxygens (including phenoxy) is 3. The van der Waals surface area contributed by atoms with Crippen LogP contribution in [0.25, 0.3) is 11.1 Å². The highest BCUT2D eigenvalue weighted by Gasteiger charge is 2.43. The second-order valence-electron chi connectivity index (χ2n) is 9.13. The van der Waals surface area contributed by atoms with Crippen LogP contribution in [0.15, 0.2) is 66.7 Å². The van der Waals surface area contributed by atoms with Gasteiger partial charge in [0.05, 0.1) is 14.2 Å². The number of amides is 2. The third-order valence-corrected chi connectivity index (χ3v) is 8.31. The summed E-state index contributed by atoms with van der Waals surface area (Å²) in [6.45, 7) is -0.299. The number of hydrogen-bond donors (Lipinski definition) is 2. The number of hydrogen-bond acceptors (Lipinski definition) is 7. The lowest BCUT2D eigenvalue weighted by Crippen LogP contribution is -2.47. The highest BCUT2D eigenvalue weighted by molar-refractivity contribution is 7.99. The molecule has 2 aliphatic rings. The van der Waals surface area contributed by atoms with Gasteiger partial charge in [0.2, 0.25) is 5.91 Å². The topological polar surface area (TPSA) is 114 Å². The first kappa shape index (κ1) is 26.4. The number of methoxy groups -OCH3 is 2. The van der Waals surface area contributed by atoms with Crippen molar-refractivity contribution in [2.45, 2.75) is 17.3 Å². The zero-order chi connectivity index (χ0) is 27.5. The van der Waals surface area contributed by atoms with Crippen LogP contribution in [-0.4, -0.2) is 67.1 Å². The Morgan fingerprint density at radius 1 is 0.949 bits per heavy atom. The molecule has 2 N–H and O–H groups in total. The second-order valence-corrected chi connectivity index (χ2v) is 10.2. The van der Waals surface area contributed by atoms with Gasteiger partial charge in [-0.05, 0) is 34.4 Å². The monoisotopic (exact) mass is 548 g/mol. The van der Waals surface area contributed by atoms with Crippen LogP contribution in [0.2, 0.25) is 0 Å². The summed E-state index contributed by atoms with van der Waals surface area (Å²) in [5.41, 5.74) is 5.03. The Hall–Kier alpha value is -4.18. The minimum absolute atomic E-state index is 0.108. The Labute approximate surface area is 230 Å². The Bertz CT molecular complexity index is 1370. The van der Waals surface area contributed by atoms with Crippen LogP contribution in [-0.2, 0) is 14.3 Å². The number of carboxylic acid groups (broad SMARTS) is 1. The summed E-state index contributed by atoms with van der Waals surface area (Å²) in [7, 11) is 3.03. The van der Waals surface area contributed by atoms with Crippen molar-refractivity contribution >= 4 is 29.7 Å². The molecule has 0 bridgehead atoms. The van der Waals surface area contributed by atoms with Crippen molar-refractivity contribution in [1.82, 2.24) is 10.2 Å². The first-order valence-corrected chi connectivity index (χ1v) is 13.4. The molecule has 1 saturated heterocycles. The first-order chi connectivity index (χ1) is 18.9. The zero-order valence-electron chi connectivity index (χ0n) is 21.5. The number of nitrogens with one attached hydrogen (secondary N) is 1. The molecule has 0 unspecified atom stereocenters. The van der Waals surface area contributed by atoms with E-state index in [1.54, 1.807) is 18.2 Å². The molecule has 9 nitrogen and oxygen atoms in total. The van der Waals surface area contributed by atoms with E-state index in [2.05, 4.69) is 5.32 Å². The number of carboxylic acids is 1. The molecule has 0 radical (unpaired) electrons. The van der Waals surface area contributed by atoms with E-state index >= 15 is 0 Å². The minimum atomic E-state index is -1.12. The number of nitrogens with zero attached hydrogens (tertiary/aromatic N) is 1. The maximum Gasteiger partial charge on any atom is 0.407 e. The van der Waals surface area contributed by atoms with Gasteiger partial charge in [-0.3, -0.25) is 4.79 Å². The number of aliphatic carboxylic acids is 1. The highest BCUT2D eigenvalue weighted by Crippen LogP contribution is 2.46. The van der Waals surface area contributed by atoms with Gasteiger partial charge in [-0.15, -0.1) is 11.8 Å². The van der Waals surface area contributed by atoms with E-state index in [-0.39, 0.29) is 18.3 Å². The lowest BCUT2D eigenvalue weighted by atomic mass is 9.98. The summed E-state index contributed by atoms with van der Waals surface area (Å²) in [6.07, 6.45) is -0.748. The normalized spacial score (nSPS) is 17.7. The van der Waals surface area contributed by atoms with Gasteiger partial charge >= 0.3 is 12.1 Å². The number of alkyl carbamates (subject to hydrolysis) is 1. The van der Waals surface area contributed by atoms with Gasteiger partial charge in [-0.25, -0.2) is 9.59 Å². The minimum Gasteiger partial charge on any atom is -0.497 e. The second kappa shape index (κ2) is 11.3.